The lowest BCUT2D eigenvalue weighted by atomic mass is 10.2. The van der Waals surface area contributed by atoms with Crippen LogP contribution in [-0.4, -0.2) is 4.57 Å². The highest BCUT2D eigenvalue weighted by Crippen LogP contribution is 2.25. The van der Waals surface area contributed by atoms with Crippen molar-refractivity contribution < 1.29 is 22.3 Å². The maximum Gasteiger partial charge on any atom is 0.277 e. The van der Waals surface area contributed by atoms with E-state index in [-0.39, 0.29) is 23.5 Å². The molecule has 2 aromatic carbocycles. The summed E-state index contributed by atoms with van der Waals surface area (Å²) in [5.74, 6) is -4.01. The number of hydrogen-bond donors (Lipinski definition) is 0. The number of ether oxygens (including phenoxy) is 1. The van der Waals surface area contributed by atoms with Crippen LogP contribution in [0.3, 0.4) is 0 Å². The Kier molecular flexibility index (Phi) is 5.38. The van der Waals surface area contributed by atoms with E-state index < -0.39 is 39.5 Å². The number of nitrogens with zero attached hydrogens (tertiary/aromatic N) is 2. The van der Waals surface area contributed by atoms with E-state index in [4.69, 9.17) is 21.6 Å². The van der Waals surface area contributed by atoms with Crippen molar-refractivity contribution in [3.05, 3.63) is 92.4 Å². The molecular formula is C19H9ClF4N2O2. The van der Waals surface area contributed by atoms with E-state index in [2.05, 4.69) is 0 Å². The molecule has 0 unspecified atom stereocenters. The van der Waals surface area contributed by atoms with Gasteiger partial charge in [0.05, 0.1) is 11.6 Å². The number of aromatic nitrogens is 1. The van der Waals surface area contributed by atoms with E-state index in [9.17, 15) is 22.4 Å². The van der Waals surface area contributed by atoms with Crippen molar-refractivity contribution >= 4 is 11.6 Å². The third-order valence-corrected chi connectivity index (χ3v) is 4.13. The van der Waals surface area contributed by atoms with Crippen LogP contribution in [-0.2, 0) is 6.61 Å². The number of halogens is 5. The van der Waals surface area contributed by atoms with Gasteiger partial charge in [-0.3, -0.25) is 9.36 Å². The molecule has 0 fully saturated rings. The molecule has 0 radical (unpaired) electrons. The molecule has 28 heavy (non-hydrogen) atoms. The second-order valence-corrected chi connectivity index (χ2v) is 5.97. The minimum absolute atomic E-state index is 0.0193. The summed E-state index contributed by atoms with van der Waals surface area (Å²) >= 11 is 5.93. The standard InChI is InChI=1S/C19H9ClF4N2O2/c20-17-16(28-9-11-1-2-12(21)7-13(11)22)3-4-26(19(17)27)18-14(23)5-10(8-25)6-15(18)24/h1-7H,9H2. The highest BCUT2D eigenvalue weighted by molar-refractivity contribution is 6.31. The maximum absolute atomic E-state index is 14.1. The molecule has 1 aromatic heterocycles. The van der Waals surface area contributed by atoms with Gasteiger partial charge in [0.25, 0.3) is 5.56 Å². The van der Waals surface area contributed by atoms with Crippen LogP contribution in [0, 0.1) is 34.6 Å². The molecule has 0 bridgehead atoms. The summed E-state index contributed by atoms with van der Waals surface area (Å²) in [6.45, 7) is -0.352. The number of benzene rings is 2. The summed E-state index contributed by atoms with van der Waals surface area (Å²) in [6, 6.07) is 7.20. The molecule has 0 saturated heterocycles. The van der Waals surface area contributed by atoms with Crippen LogP contribution < -0.4 is 10.3 Å². The molecule has 0 aliphatic carbocycles. The average Bonchev–Trinajstić information content (AvgIpc) is 2.65. The molecule has 3 rings (SSSR count). The summed E-state index contributed by atoms with van der Waals surface area (Å²) in [6.07, 6.45) is 1.03. The van der Waals surface area contributed by atoms with Gasteiger partial charge in [-0.1, -0.05) is 11.6 Å². The Hall–Kier alpha value is -3.31. The van der Waals surface area contributed by atoms with Crippen molar-refractivity contribution in [2.24, 2.45) is 0 Å². The highest BCUT2D eigenvalue weighted by Gasteiger charge is 2.18. The summed E-state index contributed by atoms with van der Waals surface area (Å²) in [7, 11) is 0. The molecule has 0 atom stereocenters. The quantitative estimate of drug-likeness (QED) is 0.597. The van der Waals surface area contributed by atoms with Crippen LogP contribution in [0.1, 0.15) is 11.1 Å². The lowest BCUT2D eigenvalue weighted by molar-refractivity contribution is 0.298. The third-order valence-electron chi connectivity index (χ3n) is 3.78. The molecule has 0 aliphatic rings. The van der Waals surface area contributed by atoms with Gasteiger partial charge in [-0.15, -0.1) is 0 Å². The van der Waals surface area contributed by atoms with E-state index in [0.29, 0.717) is 10.6 Å². The first-order valence-corrected chi connectivity index (χ1v) is 8.07. The Morgan fingerprint density at radius 2 is 1.71 bits per heavy atom. The van der Waals surface area contributed by atoms with Crippen LogP contribution in [0.4, 0.5) is 17.6 Å². The first kappa shape index (κ1) is 19.5. The fraction of sp³-hybridized carbons (Fsp3) is 0.0526. The van der Waals surface area contributed by atoms with Crippen LogP contribution in [0.25, 0.3) is 5.69 Å². The van der Waals surface area contributed by atoms with Gasteiger partial charge in [0.1, 0.15) is 34.7 Å². The summed E-state index contributed by atoms with van der Waals surface area (Å²) in [4.78, 5) is 12.4. The molecular weight excluding hydrogens is 400 g/mol. The van der Waals surface area contributed by atoms with Gasteiger partial charge in [-0.05, 0) is 30.3 Å². The van der Waals surface area contributed by atoms with Crippen LogP contribution in [0.2, 0.25) is 5.02 Å². The molecule has 0 saturated carbocycles. The monoisotopic (exact) mass is 408 g/mol. The number of rotatable bonds is 4. The minimum atomic E-state index is -1.13. The van der Waals surface area contributed by atoms with Crippen molar-refractivity contribution in [3.63, 3.8) is 0 Å². The minimum Gasteiger partial charge on any atom is -0.487 e. The molecule has 4 nitrogen and oxygen atoms in total. The summed E-state index contributed by atoms with van der Waals surface area (Å²) < 4.78 is 60.8. The Bertz CT molecular complexity index is 1150. The predicted molar refractivity (Wildman–Crippen MR) is 92.4 cm³/mol. The second-order valence-electron chi connectivity index (χ2n) is 5.59. The zero-order valence-electron chi connectivity index (χ0n) is 13.8. The zero-order chi connectivity index (χ0) is 20.4. The molecule has 1 heterocycles. The fourth-order valence-electron chi connectivity index (χ4n) is 2.44. The van der Waals surface area contributed by atoms with E-state index in [1.165, 1.54) is 12.1 Å². The fourth-order valence-corrected chi connectivity index (χ4v) is 2.64. The van der Waals surface area contributed by atoms with E-state index in [0.717, 1.165) is 24.4 Å². The van der Waals surface area contributed by atoms with Gasteiger partial charge in [0.2, 0.25) is 0 Å². The summed E-state index contributed by atoms with van der Waals surface area (Å²) in [5, 5.41) is 8.24. The van der Waals surface area contributed by atoms with E-state index >= 15 is 0 Å². The van der Waals surface area contributed by atoms with Crippen LogP contribution in [0.15, 0.2) is 47.4 Å². The smallest absolute Gasteiger partial charge is 0.277 e. The number of pyridine rings is 1. The molecule has 0 amide bonds. The first-order chi connectivity index (χ1) is 13.3. The molecule has 9 heteroatoms. The van der Waals surface area contributed by atoms with Gasteiger partial charge < -0.3 is 4.74 Å². The Morgan fingerprint density at radius 1 is 1.04 bits per heavy atom. The van der Waals surface area contributed by atoms with Gasteiger partial charge in [0, 0.05) is 17.8 Å². The number of hydrogen-bond acceptors (Lipinski definition) is 3. The molecule has 0 spiro atoms. The van der Waals surface area contributed by atoms with Crippen molar-refractivity contribution in [1.82, 2.24) is 4.57 Å². The van der Waals surface area contributed by atoms with Gasteiger partial charge in [0.15, 0.2) is 11.6 Å². The number of nitriles is 1. The van der Waals surface area contributed by atoms with Crippen LogP contribution >= 0.6 is 11.6 Å². The lowest BCUT2D eigenvalue weighted by Gasteiger charge is -2.12. The Balaban J connectivity index is 1.94. The largest absolute Gasteiger partial charge is 0.487 e. The first-order valence-electron chi connectivity index (χ1n) is 7.69. The maximum atomic E-state index is 14.1. The normalized spacial score (nSPS) is 10.6. The van der Waals surface area contributed by atoms with Gasteiger partial charge in [-0.25, -0.2) is 17.6 Å². The summed E-state index contributed by atoms with van der Waals surface area (Å²) in [5.41, 5.74) is -1.92. The third kappa shape index (κ3) is 3.70. The molecule has 3 aromatic rings. The van der Waals surface area contributed by atoms with Crippen molar-refractivity contribution in [3.8, 4) is 17.5 Å². The van der Waals surface area contributed by atoms with Crippen molar-refractivity contribution in [2.45, 2.75) is 6.61 Å². The van der Waals surface area contributed by atoms with Gasteiger partial charge >= 0.3 is 0 Å². The predicted octanol–water partition coefficient (Wildman–Crippen LogP) is 4.50. The van der Waals surface area contributed by atoms with Crippen LogP contribution in [0.5, 0.6) is 5.75 Å². The SMILES string of the molecule is N#Cc1cc(F)c(-n2ccc(OCc3ccc(F)cc3F)c(Cl)c2=O)c(F)c1. The second kappa shape index (κ2) is 7.74. The van der Waals surface area contributed by atoms with E-state index in [1.54, 1.807) is 6.07 Å². The van der Waals surface area contributed by atoms with Crippen molar-refractivity contribution in [2.75, 3.05) is 0 Å². The average molecular weight is 409 g/mol. The molecule has 0 aliphatic heterocycles. The highest BCUT2D eigenvalue weighted by atomic mass is 35.5. The lowest BCUT2D eigenvalue weighted by Crippen LogP contribution is -2.21. The van der Waals surface area contributed by atoms with Crippen molar-refractivity contribution in [1.29, 1.82) is 5.26 Å². The molecule has 0 N–H and O–H groups in total. The Morgan fingerprint density at radius 3 is 2.32 bits per heavy atom. The van der Waals surface area contributed by atoms with E-state index in [1.807, 2.05) is 0 Å². The van der Waals surface area contributed by atoms with Gasteiger partial charge in [-0.2, -0.15) is 5.26 Å². The Labute approximate surface area is 160 Å². The molecule has 142 valence electrons. The zero-order valence-corrected chi connectivity index (χ0v) is 14.6. The topological polar surface area (TPSA) is 55.0 Å².